The summed E-state index contributed by atoms with van der Waals surface area (Å²) < 4.78 is 31.4. The predicted molar refractivity (Wildman–Crippen MR) is 139 cm³/mol. The van der Waals surface area contributed by atoms with Gasteiger partial charge in [-0.15, -0.1) is 0 Å². The number of sulfonamides is 1. The molecule has 0 aliphatic heterocycles. The first-order chi connectivity index (χ1) is 16.2. The number of halogens is 1. The summed E-state index contributed by atoms with van der Waals surface area (Å²) in [7, 11) is -2.39. The third kappa shape index (κ3) is 8.43. The van der Waals surface area contributed by atoms with Crippen LogP contribution < -0.4 is 14.4 Å². The highest BCUT2D eigenvalue weighted by Crippen LogP contribution is 2.30. The summed E-state index contributed by atoms with van der Waals surface area (Å²) in [6.45, 7) is 6.96. The average Bonchev–Trinajstić information content (AvgIpc) is 2.76. The van der Waals surface area contributed by atoms with E-state index in [1.54, 1.807) is 6.92 Å². The molecule has 0 fully saturated rings. The van der Waals surface area contributed by atoms with Crippen molar-refractivity contribution in [2.75, 3.05) is 30.8 Å². The van der Waals surface area contributed by atoms with Crippen LogP contribution in [0.3, 0.4) is 0 Å². The molecule has 1 atom stereocenters. The summed E-state index contributed by atoms with van der Waals surface area (Å²) in [6.07, 6.45) is 1.52. The van der Waals surface area contributed by atoms with Crippen LogP contribution in [-0.2, 0) is 26.0 Å². The van der Waals surface area contributed by atoms with E-state index in [4.69, 9.17) is 16.3 Å². The van der Waals surface area contributed by atoms with Gasteiger partial charge in [0.25, 0.3) is 0 Å². The van der Waals surface area contributed by atoms with Crippen molar-refractivity contribution < 1.29 is 22.7 Å². The fraction of sp³-hybridized carbons (Fsp3) is 0.440. The second-order valence-electron chi connectivity index (χ2n) is 9.33. The molecule has 0 saturated carbocycles. The summed E-state index contributed by atoms with van der Waals surface area (Å²) in [6, 6.07) is 13.2. The minimum Gasteiger partial charge on any atom is -0.495 e. The molecule has 0 aromatic heterocycles. The normalized spacial score (nSPS) is 12.5. The zero-order valence-electron chi connectivity index (χ0n) is 21.0. The Balaban J connectivity index is 2.35. The Labute approximate surface area is 213 Å². The zero-order valence-corrected chi connectivity index (χ0v) is 22.6. The molecule has 0 bridgehead atoms. The number of ether oxygens (including phenoxy) is 1. The van der Waals surface area contributed by atoms with Gasteiger partial charge < -0.3 is 15.0 Å². The van der Waals surface area contributed by atoms with Gasteiger partial charge >= 0.3 is 0 Å². The van der Waals surface area contributed by atoms with Gasteiger partial charge in [0.05, 0.1) is 24.1 Å². The Morgan fingerprint density at radius 3 is 2.26 bits per heavy atom. The smallest absolute Gasteiger partial charge is 0.244 e. The largest absolute Gasteiger partial charge is 0.495 e. The topological polar surface area (TPSA) is 96.0 Å². The van der Waals surface area contributed by atoms with E-state index in [9.17, 15) is 18.0 Å². The predicted octanol–water partition coefficient (Wildman–Crippen LogP) is 3.49. The molecule has 0 unspecified atom stereocenters. The van der Waals surface area contributed by atoms with Gasteiger partial charge in [0.2, 0.25) is 21.8 Å². The molecule has 0 heterocycles. The van der Waals surface area contributed by atoms with Crippen molar-refractivity contribution in [1.82, 2.24) is 10.2 Å². The molecule has 35 heavy (non-hydrogen) atoms. The van der Waals surface area contributed by atoms with E-state index in [1.807, 2.05) is 51.1 Å². The van der Waals surface area contributed by atoms with E-state index in [1.165, 1.54) is 30.2 Å². The number of carbonyl (C=O) groups is 2. The monoisotopic (exact) mass is 523 g/mol. The van der Waals surface area contributed by atoms with Crippen molar-refractivity contribution in [1.29, 1.82) is 0 Å². The van der Waals surface area contributed by atoms with E-state index < -0.39 is 34.1 Å². The minimum absolute atomic E-state index is 0.213. The van der Waals surface area contributed by atoms with Crippen molar-refractivity contribution >= 4 is 39.1 Å². The Kier molecular flexibility index (Phi) is 9.57. The Bertz CT molecular complexity index is 1130. The van der Waals surface area contributed by atoms with Gasteiger partial charge in [-0.1, -0.05) is 41.9 Å². The Morgan fingerprint density at radius 1 is 1.11 bits per heavy atom. The summed E-state index contributed by atoms with van der Waals surface area (Å²) in [5.74, 6) is -0.445. The van der Waals surface area contributed by atoms with E-state index >= 15 is 0 Å². The first-order valence-electron chi connectivity index (χ1n) is 11.2. The molecule has 0 aliphatic carbocycles. The fourth-order valence-electron chi connectivity index (χ4n) is 3.47. The highest BCUT2D eigenvalue weighted by Gasteiger charge is 2.31. The lowest BCUT2D eigenvalue weighted by Crippen LogP contribution is -2.55. The van der Waals surface area contributed by atoms with Crippen LogP contribution in [-0.4, -0.2) is 63.2 Å². The van der Waals surface area contributed by atoms with Gasteiger partial charge in [-0.25, -0.2) is 8.42 Å². The lowest BCUT2D eigenvalue weighted by Gasteiger charge is -2.33. The van der Waals surface area contributed by atoms with Gasteiger partial charge in [-0.3, -0.25) is 13.9 Å². The number of methoxy groups -OCH3 is 1. The summed E-state index contributed by atoms with van der Waals surface area (Å²) in [4.78, 5) is 27.8. The maximum Gasteiger partial charge on any atom is 0.244 e. The van der Waals surface area contributed by atoms with E-state index in [0.717, 1.165) is 16.1 Å². The van der Waals surface area contributed by atoms with Crippen molar-refractivity contribution in [2.45, 2.75) is 45.7 Å². The Hall–Kier alpha value is -2.78. The van der Waals surface area contributed by atoms with Crippen LogP contribution >= 0.6 is 11.6 Å². The van der Waals surface area contributed by atoms with Crippen LogP contribution in [0.25, 0.3) is 0 Å². The fourth-order valence-corrected chi connectivity index (χ4v) is 4.56. The van der Waals surface area contributed by atoms with Gasteiger partial charge in [0.1, 0.15) is 18.3 Å². The number of hydrogen-bond acceptors (Lipinski definition) is 5. The highest BCUT2D eigenvalue weighted by atomic mass is 35.5. The number of benzene rings is 2. The lowest BCUT2D eigenvalue weighted by atomic mass is 10.1. The number of nitrogens with zero attached hydrogens (tertiary/aromatic N) is 2. The number of amides is 2. The van der Waals surface area contributed by atoms with E-state index in [-0.39, 0.29) is 23.2 Å². The number of rotatable bonds is 10. The number of nitrogens with one attached hydrogen (secondary N) is 1. The van der Waals surface area contributed by atoms with Crippen molar-refractivity contribution in [2.24, 2.45) is 0 Å². The molecule has 2 aromatic carbocycles. The highest BCUT2D eigenvalue weighted by molar-refractivity contribution is 7.92. The first kappa shape index (κ1) is 28.5. The molecule has 0 saturated heterocycles. The van der Waals surface area contributed by atoms with Crippen molar-refractivity contribution in [3.05, 3.63) is 59.1 Å². The lowest BCUT2D eigenvalue weighted by molar-refractivity contribution is -0.139. The molecular formula is C25H34ClN3O5S. The molecule has 0 radical (unpaired) electrons. The first-order valence-corrected chi connectivity index (χ1v) is 13.4. The maximum absolute atomic E-state index is 13.5. The Morgan fingerprint density at radius 2 is 1.74 bits per heavy atom. The molecule has 1 N–H and O–H groups in total. The molecule has 8 nitrogen and oxygen atoms in total. The number of hydrogen-bond donors (Lipinski definition) is 1. The summed E-state index contributed by atoms with van der Waals surface area (Å²) >= 11 is 6.20. The van der Waals surface area contributed by atoms with Crippen LogP contribution in [0.15, 0.2) is 48.5 Å². The van der Waals surface area contributed by atoms with Crippen LogP contribution in [0.5, 0.6) is 5.75 Å². The van der Waals surface area contributed by atoms with E-state index in [0.29, 0.717) is 12.2 Å². The molecule has 2 rings (SSSR count). The third-order valence-corrected chi connectivity index (χ3v) is 6.69. The second kappa shape index (κ2) is 11.8. The van der Waals surface area contributed by atoms with Gasteiger partial charge in [0, 0.05) is 12.1 Å². The molecule has 192 valence electrons. The molecule has 2 amide bonds. The third-order valence-electron chi connectivity index (χ3n) is 5.25. The molecular weight excluding hydrogens is 490 g/mol. The van der Waals surface area contributed by atoms with Crippen LogP contribution in [0, 0.1) is 0 Å². The van der Waals surface area contributed by atoms with Crippen molar-refractivity contribution in [3.63, 3.8) is 0 Å². The molecule has 0 aliphatic rings. The van der Waals surface area contributed by atoms with Gasteiger partial charge in [-0.2, -0.15) is 0 Å². The van der Waals surface area contributed by atoms with E-state index in [2.05, 4.69) is 5.32 Å². The SMILES string of the molecule is COc1ccc(N(CC(=O)N(CCc2ccccc2)[C@H](C)C(=O)NC(C)(C)C)S(C)(=O)=O)cc1Cl. The van der Waals surface area contributed by atoms with Gasteiger partial charge in [0.15, 0.2) is 0 Å². The molecule has 0 spiro atoms. The quantitative estimate of drug-likeness (QED) is 0.514. The summed E-state index contributed by atoms with van der Waals surface area (Å²) in [5, 5.41) is 3.10. The van der Waals surface area contributed by atoms with Crippen LogP contribution in [0.2, 0.25) is 5.02 Å². The average molecular weight is 524 g/mol. The van der Waals surface area contributed by atoms with Crippen LogP contribution in [0.1, 0.15) is 33.3 Å². The molecule has 2 aromatic rings. The summed E-state index contributed by atoms with van der Waals surface area (Å²) in [5.41, 5.74) is 0.732. The molecule has 10 heteroatoms. The zero-order chi connectivity index (χ0) is 26.4. The standard InChI is InChI=1S/C25H34ClN3O5S/c1-18(24(31)27-25(2,3)4)28(15-14-19-10-8-7-9-11-19)23(30)17-29(35(6,32)33)20-12-13-22(34-5)21(26)16-20/h7-13,16,18H,14-15,17H2,1-6H3,(H,27,31)/t18-/m1/s1. The second-order valence-corrected chi connectivity index (χ2v) is 11.6. The van der Waals surface area contributed by atoms with Crippen LogP contribution in [0.4, 0.5) is 5.69 Å². The minimum atomic E-state index is -3.84. The van der Waals surface area contributed by atoms with Crippen molar-refractivity contribution in [3.8, 4) is 5.75 Å². The number of carbonyl (C=O) groups excluding carboxylic acids is 2. The number of anilines is 1. The maximum atomic E-state index is 13.5. The van der Waals surface area contributed by atoms with Gasteiger partial charge in [-0.05, 0) is 57.9 Å².